The van der Waals surface area contributed by atoms with E-state index in [4.69, 9.17) is 4.74 Å². The number of methoxy groups -OCH3 is 1. The maximum absolute atomic E-state index is 12.6. The van der Waals surface area contributed by atoms with Crippen LogP contribution in [0.5, 0.6) is 5.75 Å². The number of hydrogen-bond acceptors (Lipinski definition) is 6. The summed E-state index contributed by atoms with van der Waals surface area (Å²) in [5.41, 5.74) is 1.28. The quantitative estimate of drug-likeness (QED) is 0.495. The number of nitrogens with zero attached hydrogens (tertiary/aromatic N) is 3. The third kappa shape index (κ3) is 5.85. The lowest BCUT2D eigenvalue weighted by molar-refractivity contribution is -0.113. The van der Waals surface area contributed by atoms with Gasteiger partial charge in [0.1, 0.15) is 5.75 Å². The first-order valence-electron chi connectivity index (χ1n) is 9.87. The molecule has 0 saturated heterocycles. The summed E-state index contributed by atoms with van der Waals surface area (Å²) in [7, 11) is 1.58. The van der Waals surface area contributed by atoms with Crippen LogP contribution in [0.4, 0.5) is 5.69 Å². The van der Waals surface area contributed by atoms with Crippen LogP contribution >= 0.6 is 11.8 Å². The number of nitrogens with one attached hydrogen (secondary N) is 2. The van der Waals surface area contributed by atoms with Gasteiger partial charge in [0.2, 0.25) is 5.91 Å². The lowest BCUT2D eigenvalue weighted by Gasteiger charge is -2.15. The number of thioether (sulfide) groups is 1. The average molecular weight is 440 g/mol. The molecule has 3 rings (SSSR count). The number of carbonyl (C=O) groups is 2. The third-order valence-electron chi connectivity index (χ3n) is 4.54. The van der Waals surface area contributed by atoms with Crippen LogP contribution in [0.2, 0.25) is 0 Å². The van der Waals surface area contributed by atoms with Crippen LogP contribution in [-0.2, 0) is 11.3 Å². The van der Waals surface area contributed by atoms with Crippen LogP contribution in [0.1, 0.15) is 36.1 Å². The van der Waals surface area contributed by atoms with Gasteiger partial charge in [0.25, 0.3) is 5.91 Å². The molecule has 0 aliphatic carbocycles. The Kier molecular flexibility index (Phi) is 7.66. The van der Waals surface area contributed by atoms with Gasteiger partial charge in [0.15, 0.2) is 11.0 Å². The lowest BCUT2D eigenvalue weighted by atomic mass is 10.2. The Balaban J connectivity index is 1.61. The Bertz CT molecular complexity index is 1020. The molecule has 3 aromatic rings. The van der Waals surface area contributed by atoms with Gasteiger partial charge in [0, 0.05) is 17.8 Å². The van der Waals surface area contributed by atoms with E-state index in [9.17, 15) is 9.59 Å². The molecule has 0 spiro atoms. The second-order valence-corrected chi connectivity index (χ2v) is 7.65. The zero-order valence-corrected chi connectivity index (χ0v) is 18.5. The summed E-state index contributed by atoms with van der Waals surface area (Å²) in [6.45, 7) is 4.45. The summed E-state index contributed by atoms with van der Waals surface area (Å²) >= 11 is 1.31. The lowest BCUT2D eigenvalue weighted by Crippen LogP contribution is -2.28. The van der Waals surface area contributed by atoms with Gasteiger partial charge in [-0.15, -0.1) is 10.2 Å². The van der Waals surface area contributed by atoms with Crippen LogP contribution in [0.25, 0.3) is 0 Å². The Morgan fingerprint density at radius 1 is 1.10 bits per heavy atom. The van der Waals surface area contributed by atoms with Crippen molar-refractivity contribution >= 4 is 29.3 Å². The molecule has 1 heterocycles. The minimum absolute atomic E-state index is 0.121. The van der Waals surface area contributed by atoms with Crippen molar-refractivity contribution in [2.24, 2.45) is 0 Å². The van der Waals surface area contributed by atoms with E-state index in [-0.39, 0.29) is 23.6 Å². The van der Waals surface area contributed by atoms with Gasteiger partial charge in [-0.05, 0) is 50.2 Å². The zero-order chi connectivity index (χ0) is 22.2. The molecule has 2 N–H and O–H groups in total. The number of para-hydroxylation sites is 1. The number of rotatable bonds is 9. The summed E-state index contributed by atoms with van der Waals surface area (Å²) < 4.78 is 7.02. The topological polar surface area (TPSA) is 98.1 Å². The van der Waals surface area contributed by atoms with Gasteiger partial charge in [-0.25, -0.2) is 0 Å². The molecule has 1 aromatic heterocycles. The highest BCUT2D eigenvalue weighted by Crippen LogP contribution is 2.21. The summed E-state index contributed by atoms with van der Waals surface area (Å²) in [4.78, 5) is 24.8. The predicted octanol–water partition coefficient (Wildman–Crippen LogP) is 3.53. The molecule has 0 aliphatic heterocycles. The molecule has 0 saturated carbocycles. The maximum Gasteiger partial charge on any atom is 0.251 e. The van der Waals surface area contributed by atoms with Crippen molar-refractivity contribution < 1.29 is 14.3 Å². The fourth-order valence-corrected chi connectivity index (χ4v) is 3.77. The molecular formula is C22H25N5O3S. The van der Waals surface area contributed by atoms with Crippen LogP contribution < -0.4 is 15.4 Å². The van der Waals surface area contributed by atoms with Gasteiger partial charge < -0.3 is 19.9 Å². The molecule has 0 fully saturated rings. The first-order valence-corrected chi connectivity index (χ1v) is 10.9. The highest BCUT2D eigenvalue weighted by molar-refractivity contribution is 7.99. The molecule has 31 heavy (non-hydrogen) atoms. The van der Waals surface area contributed by atoms with Crippen molar-refractivity contribution in [1.29, 1.82) is 0 Å². The fraction of sp³-hybridized carbons (Fsp3) is 0.273. The van der Waals surface area contributed by atoms with Crippen molar-refractivity contribution in [3.05, 3.63) is 66.0 Å². The van der Waals surface area contributed by atoms with E-state index in [0.717, 1.165) is 5.69 Å². The number of ether oxygens (including phenoxy) is 1. The summed E-state index contributed by atoms with van der Waals surface area (Å²) in [6, 6.07) is 15.8. The van der Waals surface area contributed by atoms with Crippen molar-refractivity contribution in [2.75, 3.05) is 18.2 Å². The highest BCUT2D eigenvalue weighted by Gasteiger charge is 2.20. The van der Waals surface area contributed by atoms with E-state index in [1.165, 1.54) is 11.8 Å². The molecule has 0 bridgehead atoms. The Morgan fingerprint density at radius 2 is 1.81 bits per heavy atom. The minimum Gasteiger partial charge on any atom is -0.497 e. The largest absolute Gasteiger partial charge is 0.497 e. The number of anilines is 1. The normalized spacial score (nSPS) is 11.6. The van der Waals surface area contributed by atoms with Crippen LogP contribution in [0.15, 0.2) is 59.8 Å². The van der Waals surface area contributed by atoms with Crippen molar-refractivity contribution in [3.8, 4) is 5.75 Å². The van der Waals surface area contributed by atoms with Crippen LogP contribution in [-0.4, -0.2) is 39.4 Å². The maximum atomic E-state index is 12.6. The second kappa shape index (κ2) is 10.6. The zero-order valence-electron chi connectivity index (χ0n) is 17.7. The average Bonchev–Trinajstić information content (AvgIpc) is 3.21. The molecule has 2 aromatic carbocycles. The first kappa shape index (κ1) is 22.4. The van der Waals surface area contributed by atoms with E-state index in [1.807, 2.05) is 48.7 Å². The molecule has 2 amide bonds. The molecule has 9 heteroatoms. The van der Waals surface area contributed by atoms with Crippen molar-refractivity contribution in [2.45, 2.75) is 31.6 Å². The highest BCUT2D eigenvalue weighted by atomic mass is 32.2. The monoisotopic (exact) mass is 439 g/mol. The number of hydrogen-bond donors (Lipinski definition) is 2. The van der Waals surface area contributed by atoms with E-state index >= 15 is 0 Å². The molecule has 0 unspecified atom stereocenters. The Morgan fingerprint density at radius 3 is 2.45 bits per heavy atom. The van der Waals surface area contributed by atoms with Crippen molar-refractivity contribution in [1.82, 2.24) is 20.1 Å². The van der Waals surface area contributed by atoms with Gasteiger partial charge in [-0.3, -0.25) is 9.59 Å². The number of benzene rings is 2. The predicted molar refractivity (Wildman–Crippen MR) is 120 cm³/mol. The standard InChI is InChI=1S/C22H25N5O3S/c1-4-27-20(15(2)23-21(29)16-10-12-18(30-3)13-11-16)25-26-22(27)31-14-19(28)24-17-8-6-5-7-9-17/h5-13,15H,4,14H2,1-3H3,(H,23,29)(H,24,28)/t15-/m0/s1. The Hall–Kier alpha value is -3.33. The summed E-state index contributed by atoms with van der Waals surface area (Å²) in [5, 5.41) is 14.9. The van der Waals surface area contributed by atoms with Gasteiger partial charge in [-0.2, -0.15) is 0 Å². The van der Waals surface area contributed by atoms with Gasteiger partial charge in [0.05, 0.1) is 18.9 Å². The molecule has 1 atom stereocenters. The summed E-state index contributed by atoms with van der Waals surface area (Å²) in [5.74, 6) is 1.20. The second-order valence-electron chi connectivity index (χ2n) is 6.71. The molecular weight excluding hydrogens is 414 g/mol. The Labute approximate surface area is 185 Å². The third-order valence-corrected chi connectivity index (χ3v) is 5.51. The van der Waals surface area contributed by atoms with E-state index in [0.29, 0.717) is 28.8 Å². The number of aromatic nitrogens is 3. The number of carbonyl (C=O) groups excluding carboxylic acids is 2. The van der Waals surface area contributed by atoms with E-state index < -0.39 is 0 Å². The first-order chi connectivity index (χ1) is 15.0. The molecule has 0 radical (unpaired) electrons. The molecule has 8 nitrogen and oxygen atoms in total. The van der Waals surface area contributed by atoms with Crippen LogP contribution in [0, 0.1) is 0 Å². The summed E-state index contributed by atoms with van der Waals surface area (Å²) in [6.07, 6.45) is 0. The minimum atomic E-state index is -0.352. The SMILES string of the molecule is CCn1c(SCC(=O)Nc2ccccc2)nnc1[C@H](C)NC(=O)c1ccc(OC)cc1. The molecule has 162 valence electrons. The fourth-order valence-electron chi connectivity index (χ4n) is 2.96. The smallest absolute Gasteiger partial charge is 0.251 e. The van der Waals surface area contributed by atoms with Gasteiger partial charge >= 0.3 is 0 Å². The van der Waals surface area contributed by atoms with E-state index in [1.54, 1.807) is 31.4 Å². The molecule has 0 aliphatic rings. The number of amides is 2. The van der Waals surface area contributed by atoms with Gasteiger partial charge in [-0.1, -0.05) is 30.0 Å². The van der Waals surface area contributed by atoms with Crippen LogP contribution in [0.3, 0.4) is 0 Å². The van der Waals surface area contributed by atoms with Crippen molar-refractivity contribution in [3.63, 3.8) is 0 Å². The van der Waals surface area contributed by atoms with E-state index in [2.05, 4.69) is 20.8 Å².